The minimum atomic E-state index is -0.992. The van der Waals surface area contributed by atoms with E-state index in [1.807, 2.05) is 0 Å². The molecule has 3 unspecified atom stereocenters. The molecule has 1 saturated heterocycles. The quantitative estimate of drug-likeness (QED) is 0.799. The minimum Gasteiger partial charge on any atom is -0.480 e. The van der Waals surface area contributed by atoms with Crippen molar-refractivity contribution in [1.29, 1.82) is 0 Å². The van der Waals surface area contributed by atoms with Gasteiger partial charge in [0.05, 0.1) is 6.10 Å². The van der Waals surface area contributed by atoms with Gasteiger partial charge in [-0.3, -0.25) is 4.79 Å². The number of ether oxygens (including phenoxy) is 1. The van der Waals surface area contributed by atoms with E-state index in [2.05, 4.69) is 11.8 Å². The molecule has 1 aliphatic carbocycles. The van der Waals surface area contributed by atoms with Gasteiger partial charge in [0.2, 0.25) is 0 Å². The maximum atomic E-state index is 11.3. The molecule has 2 fully saturated rings. The zero-order valence-corrected chi connectivity index (χ0v) is 11.8. The molecule has 1 saturated carbocycles. The maximum Gasteiger partial charge on any atom is 0.323 e. The van der Waals surface area contributed by atoms with Gasteiger partial charge in [-0.05, 0) is 45.1 Å². The van der Waals surface area contributed by atoms with E-state index in [0.717, 1.165) is 51.9 Å². The molecular weight excluding hydrogens is 244 g/mol. The second kappa shape index (κ2) is 6.20. The Balaban J connectivity index is 1.85. The van der Waals surface area contributed by atoms with Crippen LogP contribution < -0.4 is 5.73 Å². The third-order valence-electron chi connectivity index (χ3n) is 4.60. The molecule has 3 N–H and O–H groups in total. The fourth-order valence-corrected chi connectivity index (χ4v) is 3.41. The van der Waals surface area contributed by atoms with Crippen molar-refractivity contribution >= 4 is 5.97 Å². The number of carboxylic acids is 1. The highest BCUT2D eigenvalue weighted by Gasteiger charge is 2.45. The highest BCUT2D eigenvalue weighted by molar-refractivity contribution is 5.79. The first-order valence-corrected chi connectivity index (χ1v) is 7.38. The van der Waals surface area contributed by atoms with Crippen molar-refractivity contribution in [2.24, 2.45) is 11.7 Å². The van der Waals surface area contributed by atoms with Crippen LogP contribution in [0.4, 0.5) is 0 Å². The first-order valence-electron chi connectivity index (χ1n) is 7.38. The lowest BCUT2D eigenvalue weighted by Gasteiger charge is -2.29. The van der Waals surface area contributed by atoms with Crippen LogP contribution in [-0.4, -0.2) is 53.9 Å². The Morgan fingerprint density at radius 3 is 3.05 bits per heavy atom. The number of carboxylic acid groups (broad SMARTS) is 1. The largest absolute Gasteiger partial charge is 0.480 e. The van der Waals surface area contributed by atoms with Gasteiger partial charge in [-0.1, -0.05) is 6.42 Å². The summed E-state index contributed by atoms with van der Waals surface area (Å²) >= 11 is 0. The molecule has 2 aliphatic rings. The van der Waals surface area contributed by atoms with E-state index in [4.69, 9.17) is 10.5 Å². The second-order valence-corrected chi connectivity index (χ2v) is 6.06. The topological polar surface area (TPSA) is 75.8 Å². The fraction of sp³-hybridized carbons (Fsp3) is 0.929. The van der Waals surface area contributed by atoms with Crippen LogP contribution in [0.25, 0.3) is 0 Å². The minimum absolute atomic E-state index is 0.115. The Morgan fingerprint density at radius 1 is 1.53 bits per heavy atom. The molecule has 5 heteroatoms. The standard InChI is InChI=1S/C14H26N2O3/c1-11-10-16(7-3-9-19-11)8-5-12-4-2-6-14(12,15)13(17)18/h11-12H,2-10,15H2,1H3,(H,17,18). The van der Waals surface area contributed by atoms with E-state index >= 15 is 0 Å². The number of aliphatic carboxylic acids is 1. The van der Waals surface area contributed by atoms with Crippen LogP contribution in [0.5, 0.6) is 0 Å². The molecule has 0 aromatic heterocycles. The zero-order valence-electron chi connectivity index (χ0n) is 11.8. The summed E-state index contributed by atoms with van der Waals surface area (Å²) in [5.74, 6) is -0.716. The Labute approximate surface area is 115 Å². The summed E-state index contributed by atoms with van der Waals surface area (Å²) in [7, 11) is 0. The predicted molar refractivity (Wildman–Crippen MR) is 73.0 cm³/mol. The van der Waals surface area contributed by atoms with Crippen molar-refractivity contribution in [2.75, 3.05) is 26.2 Å². The molecule has 110 valence electrons. The summed E-state index contributed by atoms with van der Waals surface area (Å²) < 4.78 is 5.62. The predicted octanol–water partition coefficient (Wildman–Crippen LogP) is 1.07. The number of rotatable bonds is 4. The van der Waals surface area contributed by atoms with Crippen LogP contribution >= 0.6 is 0 Å². The monoisotopic (exact) mass is 270 g/mol. The van der Waals surface area contributed by atoms with Crippen LogP contribution in [0.1, 0.15) is 39.0 Å². The van der Waals surface area contributed by atoms with Crippen molar-refractivity contribution in [3.05, 3.63) is 0 Å². The molecule has 0 bridgehead atoms. The number of nitrogens with zero attached hydrogens (tertiary/aromatic N) is 1. The number of nitrogens with two attached hydrogens (primary N) is 1. The molecule has 1 heterocycles. The van der Waals surface area contributed by atoms with Gasteiger partial charge in [0, 0.05) is 19.7 Å². The van der Waals surface area contributed by atoms with E-state index in [-0.39, 0.29) is 12.0 Å². The van der Waals surface area contributed by atoms with Crippen LogP contribution in [-0.2, 0) is 9.53 Å². The van der Waals surface area contributed by atoms with Gasteiger partial charge >= 0.3 is 5.97 Å². The van der Waals surface area contributed by atoms with Crippen molar-refractivity contribution in [3.63, 3.8) is 0 Å². The highest BCUT2D eigenvalue weighted by Crippen LogP contribution is 2.36. The molecule has 2 rings (SSSR count). The van der Waals surface area contributed by atoms with Crippen LogP contribution in [0.15, 0.2) is 0 Å². The van der Waals surface area contributed by atoms with Gasteiger partial charge < -0.3 is 20.5 Å². The lowest BCUT2D eigenvalue weighted by atomic mass is 9.85. The molecule has 0 aromatic rings. The fourth-order valence-electron chi connectivity index (χ4n) is 3.41. The summed E-state index contributed by atoms with van der Waals surface area (Å²) in [4.78, 5) is 13.7. The molecule has 19 heavy (non-hydrogen) atoms. The van der Waals surface area contributed by atoms with Gasteiger partial charge in [0.25, 0.3) is 0 Å². The maximum absolute atomic E-state index is 11.3. The first-order chi connectivity index (χ1) is 9.02. The lowest BCUT2D eigenvalue weighted by Crippen LogP contribution is -2.51. The summed E-state index contributed by atoms with van der Waals surface area (Å²) in [5, 5.41) is 9.31. The molecule has 0 spiro atoms. The van der Waals surface area contributed by atoms with Gasteiger partial charge in [-0.2, -0.15) is 0 Å². The summed E-state index contributed by atoms with van der Waals surface area (Å²) in [6.45, 7) is 5.85. The molecule has 1 aliphatic heterocycles. The van der Waals surface area contributed by atoms with Gasteiger partial charge in [0.1, 0.15) is 5.54 Å². The van der Waals surface area contributed by atoms with E-state index in [9.17, 15) is 9.90 Å². The van der Waals surface area contributed by atoms with E-state index in [0.29, 0.717) is 6.42 Å². The SMILES string of the molecule is CC1CN(CCC2CCCC2(N)C(=O)O)CCCO1. The Kier molecular flexibility index (Phi) is 4.81. The third-order valence-corrected chi connectivity index (χ3v) is 4.60. The Bertz CT molecular complexity index is 324. The van der Waals surface area contributed by atoms with Crippen LogP contribution in [0.2, 0.25) is 0 Å². The Hall–Kier alpha value is -0.650. The lowest BCUT2D eigenvalue weighted by molar-refractivity contribution is -0.144. The molecular formula is C14H26N2O3. The van der Waals surface area contributed by atoms with Gasteiger partial charge in [0.15, 0.2) is 0 Å². The van der Waals surface area contributed by atoms with E-state index < -0.39 is 11.5 Å². The highest BCUT2D eigenvalue weighted by atomic mass is 16.5. The average molecular weight is 270 g/mol. The molecule has 0 radical (unpaired) electrons. The average Bonchev–Trinajstić information content (AvgIpc) is 2.61. The molecule has 0 amide bonds. The van der Waals surface area contributed by atoms with Gasteiger partial charge in [-0.25, -0.2) is 0 Å². The summed E-state index contributed by atoms with van der Waals surface area (Å²) in [6, 6.07) is 0. The van der Waals surface area contributed by atoms with Crippen molar-refractivity contribution in [3.8, 4) is 0 Å². The van der Waals surface area contributed by atoms with Crippen molar-refractivity contribution in [1.82, 2.24) is 4.90 Å². The van der Waals surface area contributed by atoms with Gasteiger partial charge in [-0.15, -0.1) is 0 Å². The normalized spacial score (nSPS) is 37.2. The smallest absolute Gasteiger partial charge is 0.323 e. The van der Waals surface area contributed by atoms with Crippen molar-refractivity contribution in [2.45, 2.75) is 50.7 Å². The molecule has 0 aromatic carbocycles. The Morgan fingerprint density at radius 2 is 2.32 bits per heavy atom. The summed E-state index contributed by atoms with van der Waals surface area (Å²) in [6.07, 6.45) is 4.72. The molecule has 5 nitrogen and oxygen atoms in total. The van der Waals surface area contributed by atoms with E-state index in [1.54, 1.807) is 0 Å². The van der Waals surface area contributed by atoms with E-state index in [1.165, 1.54) is 0 Å². The molecule has 3 atom stereocenters. The van der Waals surface area contributed by atoms with Crippen molar-refractivity contribution < 1.29 is 14.6 Å². The van der Waals surface area contributed by atoms with Crippen LogP contribution in [0.3, 0.4) is 0 Å². The zero-order chi connectivity index (χ0) is 13.9. The third kappa shape index (κ3) is 3.46. The first kappa shape index (κ1) is 14.8. The summed E-state index contributed by atoms with van der Waals surface area (Å²) in [5.41, 5.74) is 5.09. The number of hydrogen-bond acceptors (Lipinski definition) is 4. The number of hydrogen-bond donors (Lipinski definition) is 2. The second-order valence-electron chi connectivity index (χ2n) is 6.06. The number of carbonyl (C=O) groups is 1. The van der Waals surface area contributed by atoms with Crippen LogP contribution in [0, 0.1) is 5.92 Å².